The van der Waals surface area contributed by atoms with Crippen LogP contribution < -0.4 is 9.64 Å². The highest BCUT2D eigenvalue weighted by Gasteiger charge is 2.30. The Bertz CT molecular complexity index is 980. The molecule has 142 valence electrons. The maximum atomic E-state index is 14.1. The summed E-state index contributed by atoms with van der Waals surface area (Å²) < 4.78 is 27.2. The Morgan fingerprint density at radius 3 is 3.07 bits per heavy atom. The summed E-state index contributed by atoms with van der Waals surface area (Å²) in [5.74, 6) is -0.458. The van der Waals surface area contributed by atoms with Crippen molar-refractivity contribution >= 4 is 32.6 Å². The van der Waals surface area contributed by atoms with E-state index in [0.29, 0.717) is 28.5 Å². The molecule has 0 aliphatic carbocycles. The average Bonchev–Trinajstić information content (AvgIpc) is 3.38. The van der Waals surface area contributed by atoms with Gasteiger partial charge in [-0.25, -0.2) is 9.37 Å². The molecule has 0 saturated carbocycles. The molecule has 7 nitrogen and oxygen atoms in total. The third-order valence-corrected chi connectivity index (χ3v) is 5.51. The SMILES string of the molecule is COc1nn(C)cc1C(=O)N(CC1CCCO1)c1nc2c(F)cccc2s1. The predicted molar refractivity (Wildman–Crippen MR) is 100.0 cm³/mol. The summed E-state index contributed by atoms with van der Waals surface area (Å²) in [6.45, 7) is 1.02. The Labute approximate surface area is 159 Å². The van der Waals surface area contributed by atoms with Crippen molar-refractivity contribution in [3.05, 3.63) is 35.8 Å². The highest BCUT2D eigenvalue weighted by molar-refractivity contribution is 7.22. The van der Waals surface area contributed by atoms with Crippen molar-refractivity contribution in [2.75, 3.05) is 25.2 Å². The van der Waals surface area contributed by atoms with Crippen molar-refractivity contribution in [3.63, 3.8) is 0 Å². The first-order chi connectivity index (χ1) is 13.1. The molecule has 3 aromatic rings. The third-order valence-electron chi connectivity index (χ3n) is 4.46. The van der Waals surface area contributed by atoms with Crippen molar-refractivity contribution in [1.82, 2.24) is 14.8 Å². The van der Waals surface area contributed by atoms with E-state index in [1.54, 1.807) is 30.3 Å². The lowest BCUT2D eigenvalue weighted by Gasteiger charge is -2.22. The minimum absolute atomic E-state index is 0.0755. The van der Waals surface area contributed by atoms with E-state index in [1.807, 2.05) is 0 Å². The Hall–Kier alpha value is -2.52. The van der Waals surface area contributed by atoms with E-state index in [0.717, 1.165) is 12.8 Å². The van der Waals surface area contributed by atoms with Crippen molar-refractivity contribution in [2.24, 2.45) is 7.05 Å². The molecule has 27 heavy (non-hydrogen) atoms. The van der Waals surface area contributed by atoms with Crippen LogP contribution in [0.2, 0.25) is 0 Å². The summed E-state index contributed by atoms with van der Waals surface area (Å²) in [6, 6.07) is 4.79. The molecule has 1 amide bonds. The molecule has 1 aliphatic heterocycles. The molecule has 3 heterocycles. The number of halogens is 1. The standard InChI is InChI=1S/C18H19FN4O3S/c1-22-10-12(16(21-22)25-2)17(24)23(9-11-5-4-8-26-11)18-20-15-13(19)6-3-7-14(15)27-18/h3,6-7,10-11H,4-5,8-9H2,1-2H3. The van der Waals surface area contributed by atoms with Gasteiger partial charge in [0.25, 0.3) is 5.91 Å². The Morgan fingerprint density at radius 1 is 1.52 bits per heavy atom. The number of hydrogen-bond acceptors (Lipinski definition) is 6. The van der Waals surface area contributed by atoms with Gasteiger partial charge in [-0.1, -0.05) is 17.4 Å². The molecule has 4 rings (SSSR count). The summed E-state index contributed by atoms with van der Waals surface area (Å²) in [6.07, 6.45) is 3.36. The van der Waals surface area contributed by atoms with Crippen LogP contribution in [0, 0.1) is 5.82 Å². The van der Waals surface area contributed by atoms with Gasteiger partial charge < -0.3 is 9.47 Å². The number of para-hydroxylation sites is 1. The first-order valence-corrected chi connectivity index (χ1v) is 9.44. The fourth-order valence-corrected chi connectivity index (χ4v) is 4.16. The van der Waals surface area contributed by atoms with Gasteiger partial charge in [-0.15, -0.1) is 5.10 Å². The fourth-order valence-electron chi connectivity index (χ4n) is 3.17. The smallest absolute Gasteiger partial charge is 0.267 e. The lowest BCUT2D eigenvalue weighted by Crippen LogP contribution is -2.37. The van der Waals surface area contributed by atoms with Crippen LogP contribution in [0.1, 0.15) is 23.2 Å². The molecule has 9 heteroatoms. The molecule has 1 aliphatic rings. The number of anilines is 1. The van der Waals surface area contributed by atoms with Crippen LogP contribution in [0.3, 0.4) is 0 Å². The number of hydrogen-bond donors (Lipinski definition) is 0. The first kappa shape index (κ1) is 17.9. The van der Waals surface area contributed by atoms with Gasteiger partial charge in [0.15, 0.2) is 5.13 Å². The number of carbonyl (C=O) groups excluding carboxylic acids is 1. The van der Waals surface area contributed by atoms with Crippen molar-refractivity contribution in [2.45, 2.75) is 18.9 Å². The van der Waals surface area contributed by atoms with Crippen LogP contribution in [-0.2, 0) is 11.8 Å². The van der Waals surface area contributed by atoms with E-state index in [2.05, 4.69) is 10.1 Å². The second-order valence-electron chi connectivity index (χ2n) is 6.36. The van der Waals surface area contributed by atoms with Gasteiger partial charge in [0.05, 0.1) is 24.5 Å². The number of aromatic nitrogens is 3. The zero-order chi connectivity index (χ0) is 19.0. The number of rotatable bonds is 5. The van der Waals surface area contributed by atoms with Crippen LogP contribution in [0.15, 0.2) is 24.4 Å². The highest BCUT2D eigenvalue weighted by atomic mass is 32.1. The average molecular weight is 390 g/mol. The number of fused-ring (bicyclic) bond motifs is 1. The largest absolute Gasteiger partial charge is 0.479 e. The van der Waals surface area contributed by atoms with Crippen LogP contribution in [0.25, 0.3) is 10.2 Å². The summed E-state index contributed by atoms with van der Waals surface area (Å²) in [7, 11) is 3.19. The summed E-state index contributed by atoms with van der Waals surface area (Å²) in [4.78, 5) is 19.2. The number of carbonyl (C=O) groups is 1. The zero-order valence-corrected chi connectivity index (χ0v) is 15.8. The van der Waals surface area contributed by atoms with Crippen LogP contribution in [0.5, 0.6) is 5.88 Å². The van der Waals surface area contributed by atoms with Gasteiger partial charge in [0.2, 0.25) is 5.88 Å². The highest BCUT2D eigenvalue weighted by Crippen LogP contribution is 2.33. The van der Waals surface area contributed by atoms with Gasteiger partial charge in [0.1, 0.15) is 16.9 Å². The molecule has 1 fully saturated rings. The summed E-state index contributed by atoms with van der Waals surface area (Å²) >= 11 is 1.28. The number of methoxy groups -OCH3 is 1. The number of benzene rings is 1. The van der Waals surface area contributed by atoms with E-state index < -0.39 is 5.82 Å². The monoisotopic (exact) mass is 390 g/mol. The van der Waals surface area contributed by atoms with Gasteiger partial charge in [-0.2, -0.15) is 0 Å². The number of nitrogens with zero attached hydrogens (tertiary/aromatic N) is 4. The molecule has 2 aromatic heterocycles. The summed E-state index contributed by atoms with van der Waals surface area (Å²) in [5, 5.41) is 4.59. The maximum absolute atomic E-state index is 14.1. The van der Waals surface area contributed by atoms with Crippen molar-refractivity contribution in [3.8, 4) is 5.88 Å². The lowest BCUT2D eigenvalue weighted by atomic mass is 10.2. The van der Waals surface area contributed by atoms with Gasteiger partial charge in [-0.3, -0.25) is 14.4 Å². The number of amides is 1. The molecule has 1 saturated heterocycles. The Morgan fingerprint density at radius 2 is 2.37 bits per heavy atom. The number of thiazole rings is 1. The van der Waals surface area contributed by atoms with E-state index >= 15 is 0 Å². The van der Waals surface area contributed by atoms with Gasteiger partial charge in [-0.05, 0) is 25.0 Å². The van der Waals surface area contributed by atoms with Crippen molar-refractivity contribution < 1.29 is 18.7 Å². The van der Waals surface area contributed by atoms with E-state index in [-0.39, 0.29) is 23.4 Å². The normalized spacial score (nSPS) is 16.8. The molecular formula is C18H19FN4O3S. The first-order valence-electron chi connectivity index (χ1n) is 8.63. The van der Waals surface area contributed by atoms with Crippen LogP contribution in [0.4, 0.5) is 9.52 Å². The number of aryl methyl sites for hydroxylation is 1. The van der Waals surface area contributed by atoms with E-state index in [9.17, 15) is 9.18 Å². The van der Waals surface area contributed by atoms with Crippen LogP contribution in [-0.4, -0.2) is 47.0 Å². The third kappa shape index (κ3) is 3.40. The quantitative estimate of drug-likeness (QED) is 0.670. The minimum Gasteiger partial charge on any atom is -0.479 e. The second kappa shape index (κ2) is 7.24. The Kier molecular flexibility index (Phi) is 4.79. The minimum atomic E-state index is -0.404. The molecule has 1 atom stereocenters. The molecular weight excluding hydrogens is 371 g/mol. The van der Waals surface area contributed by atoms with Crippen LogP contribution >= 0.6 is 11.3 Å². The van der Waals surface area contributed by atoms with E-state index in [4.69, 9.17) is 9.47 Å². The van der Waals surface area contributed by atoms with Gasteiger partial charge >= 0.3 is 0 Å². The van der Waals surface area contributed by atoms with Gasteiger partial charge in [0, 0.05) is 19.9 Å². The number of ether oxygens (including phenoxy) is 2. The molecule has 1 aromatic carbocycles. The lowest BCUT2D eigenvalue weighted by molar-refractivity contribution is 0.0915. The fraction of sp³-hybridized carbons (Fsp3) is 0.389. The molecule has 0 bridgehead atoms. The Balaban J connectivity index is 1.75. The molecule has 1 unspecified atom stereocenters. The second-order valence-corrected chi connectivity index (χ2v) is 7.37. The predicted octanol–water partition coefficient (Wildman–Crippen LogP) is 3.00. The maximum Gasteiger partial charge on any atom is 0.267 e. The molecule has 0 radical (unpaired) electrons. The molecule has 0 spiro atoms. The van der Waals surface area contributed by atoms with E-state index in [1.165, 1.54) is 29.2 Å². The zero-order valence-electron chi connectivity index (χ0n) is 15.0. The van der Waals surface area contributed by atoms with Crippen molar-refractivity contribution in [1.29, 1.82) is 0 Å². The molecule has 0 N–H and O–H groups in total. The summed E-state index contributed by atoms with van der Waals surface area (Å²) in [5.41, 5.74) is 0.596. The topological polar surface area (TPSA) is 69.5 Å².